The lowest BCUT2D eigenvalue weighted by Gasteiger charge is -2.14. The van der Waals surface area contributed by atoms with Crippen molar-refractivity contribution in [1.29, 1.82) is 0 Å². The number of nitrogens with one attached hydrogen (secondary N) is 1. The summed E-state index contributed by atoms with van der Waals surface area (Å²) in [6.07, 6.45) is -4.83. The van der Waals surface area contributed by atoms with Crippen molar-refractivity contribution in [1.82, 2.24) is 5.32 Å². The second-order valence-corrected chi connectivity index (χ2v) is 4.55. The summed E-state index contributed by atoms with van der Waals surface area (Å²) in [4.78, 5) is 11.3. The van der Waals surface area contributed by atoms with Gasteiger partial charge >= 0.3 is 6.18 Å². The average molecular weight is 308 g/mol. The van der Waals surface area contributed by atoms with Crippen molar-refractivity contribution in [3.05, 3.63) is 40.4 Å². The molecule has 1 atom stereocenters. The zero-order valence-corrected chi connectivity index (χ0v) is 11.3. The molecule has 0 spiro atoms. The lowest BCUT2D eigenvalue weighted by Crippen LogP contribution is -2.40. The largest absolute Gasteiger partial charge is 0.416 e. The number of carbonyl (C=O) groups excluding carboxylic acids is 1. The van der Waals surface area contributed by atoms with Crippen molar-refractivity contribution in [2.75, 3.05) is 6.54 Å². The van der Waals surface area contributed by atoms with Gasteiger partial charge in [0.25, 0.3) is 0 Å². The Labute approximate surface area is 119 Å². The Kier molecular flexibility index (Phi) is 5.59. The van der Waals surface area contributed by atoms with Crippen LogP contribution in [0.25, 0.3) is 6.08 Å². The molecule has 110 valence electrons. The highest BCUT2D eigenvalue weighted by Gasteiger charge is 2.37. The Hall–Kier alpha value is -1.53. The molecule has 0 heterocycles. The first kappa shape index (κ1) is 16.5. The van der Waals surface area contributed by atoms with Crippen LogP contribution in [0.4, 0.5) is 13.2 Å². The number of amides is 1. The summed E-state index contributed by atoms with van der Waals surface area (Å²) in [5.41, 5.74) is 1.52. The number of alkyl halides is 3. The standard InChI is InChI=1S/C13H13ClF3NO2/c1-8-2-3-9(6-10(8)14)4-5-12(20)18-7-11(19)13(15,16)17/h2-6,11,19H,7H2,1H3,(H,18,20)/b5-4+. The van der Waals surface area contributed by atoms with E-state index in [9.17, 15) is 18.0 Å². The van der Waals surface area contributed by atoms with E-state index in [1.807, 2.05) is 12.2 Å². The van der Waals surface area contributed by atoms with Gasteiger partial charge in [0.15, 0.2) is 6.10 Å². The molecule has 3 nitrogen and oxygen atoms in total. The molecular formula is C13H13ClF3NO2. The molecule has 1 aromatic carbocycles. The van der Waals surface area contributed by atoms with Crippen molar-refractivity contribution >= 4 is 23.6 Å². The molecule has 1 rings (SSSR count). The maximum absolute atomic E-state index is 12.0. The van der Waals surface area contributed by atoms with Gasteiger partial charge in [0, 0.05) is 11.1 Å². The Morgan fingerprint density at radius 1 is 1.50 bits per heavy atom. The summed E-state index contributed by atoms with van der Waals surface area (Å²) in [5.74, 6) is -0.731. The summed E-state index contributed by atoms with van der Waals surface area (Å²) in [7, 11) is 0. The van der Waals surface area contributed by atoms with E-state index in [2.05, 4.69) is 0 Å². The van der Waals surface area contributed by atoms with Gasteiger partial charge in [-0.3, -0.25) is 4.79 Å². The molecule has 0 aliphatic rings. The first-order valence-corrected chi connectivity index (χ1v) is 6.05. The van der Waals surface area contributed by atoms with Gasteiger partial charge in [-0.15, -0.1) is 0 Å². The van der Waals surface area contributed by atoms with E-state index in [-0.39, 0.29) is 0 Å². The zero-order chi connectivity index (χ0) is 15.3. The fourth-order valence-electron chi connectivity index (χ4n) is 1.26. The highest BCUT2D eigenvalue weighted by atomic mass is 35.5. The fourth-order valence-corrected chi connectivity index (χ4v) is 1.45. The maximum atomic E-state index is 12.0. The zero-order valence-electron chi connectivity index (χ0n) is 10.5. The molecule has 0 aliphatic heterocycles. The van der Waals surface area contributed by atoms with Gasteiger partial charge in [0.2, 0.25) is 5.91 Å². The Morgan fingerprint density at radius 2 is 2.15 bits per heavy atom. The molecule has 1 amide bonds. The highest BCUT2D eigenvalue weighted by Crippen LogP contribution is 2.19. The van der Waals surface area contributed by atoms with Crippen molar-refractivity contribution in [3.63, 3.8) is 0 Å². The molecule has 0 aromatic heterocycles. The number of benzene rings is 1. The van der Waals surface area contributed by atoms with Crippen LogP contribution < -0.4 is 5.32 Å². The number of rotatable bonds is 4. The quantitative estimate of drug-likeness (QED) is 0.840. The second kappa shape index (κ2) is 6.76. The molecule has 0 radical (unpaired) electrons. The first-order chi connectivity index (χ1) is 9.20. The van der Waals surface area contributed by atoms with Crippen LogP contribution in [0.3, 0.4) is 0 Å². The van der Waals surface area contributed by atoms with Gasteiger partial charge < -0.3 is 10.4 Å². The molecule has 0 fully saturated rings. The van der Waals surface area contributed by atoms with Crippen molar-refractivity contribution in [3.8, 4) is 0 Å². The smallest absolute Gasteiger partial charge is 0.382 e. The fraction of sp³-hybridized carbons (Fsp3) is 0.308. The van der Waals surface area contributed by atoms with Crippen molar-refractivity contribution in [2.24, 2.45) is 0 Å². The van der Waals surface area contributed by atoms with E-state index >= 15 is 0 Å². The van der Waals surface area contributed by atoms with Gasteiger partial charge in [0.05, 0.1) is 6.54 Å². The molecule has 0 saturated heterocycles. The minimum atomic E-state index is -4.75. The number of aryl methyl sites for hydroxylation is 1. The number of carbonyl (C=O) groups is 1. The number of hydrogen-bond donors (Lipinski definition) is 2. The second-order valence-electron chi connectivity index (χ2n) is 4.14. The monoisotopic (exact) mass is 307 g/mol. The number of aliphatic hydroxyl groups is 1. The van der Waals surface area contributed by atoms with Gasteiger partial charge in [-0.1, -0.05) is 23.7 Å². The van der Waals surface area contributed by atoms with E-state index in [0.717, 1.165) is 11.6 Å². The minimum absolute atomic E-state index is 0.528. The number of hydrogen-bond acceptors (Lipinski definition) is 2. The topological polar surface area (TPSA) is 49.3 Å². The summed E-state index contributed by atoms with van der Waals surface area (Å²) >= 11 is 5.89. The molecule has 20 heavy (non-hydrogen) atoms. The molecule has 0 bridgehead atoms. The molecule has 1 unspecified atom stereocenters. The Bertz CT molecular complexity index is 515. The highest BCUT2D eigenvalue weighted by molar-refractivity contribution is 6.31. The van der Waals surface area contributed by atoms with E-state index in [0.29, 0.717) is 10.6 Å². The third-order valence-corrected chi connectivity index (χ3v) is 2.88. The Morgan fingerprint density at radius 3 is 2.70 bits per heavy atom. The summed E-state index contributed by atoms with van der Waals surface area (Å²) in [6.45, 7) is 0.933. The first-order valence-electron chi connectivity index (χ1n) is 5.67. The van der Waals surface area contributed by atoms with E-state index in [1.165, 1.54) is 6.08 Å². The van der Waals surface area contributed by atoms with E-state index in [1.54, 1.807) is 18.2 Å². The summed E-state index contributed by atoms with van der Waals surface area (Å²) in [6, 6.07) is 5.11. The van der Waals surface area contributed by atoms with Crippen LogP contribution in [0.1, 0.15) is 11.1 Å². The SMILES string of the molecule is Cc1ccc(/C=C/C(=O)NCC(O)C(F)(F)F)cc1Cl. The normalized spacial score (nSPS) is 13.5. The minimum Gasteiger partial charge on any atom is -0.382 e. The molecule has 2 N–H and O–H groups in total. The predicted molar refractivity (Wildman–Crippen MR) is 70.3 cm³/mol. The lowest BCUT2D eigenvalue weighted by atomic mass is 10.1. The maximum Gasteiger partial charge on any atom is 0.416 e. The molecule has 0 aliphatic carbocycles. The number of aliphatic hydroxyl groups excluding tert-OH is 1. The van der Waals surface area contributed by atoms with Crippen LogP contribution in [0, 0.1) is 6.92 Å². The van der Waals surface area contributed by atoms with Crippen LogP contribution in [-0.4, -0.2) is 29.8 Å². The number of halogens is 4. The van der Waals surface area contributed by atoms with Crippen molar-refractivity contribution in [2.45, 2.75) is 19.2 Å². The molecule has 7 heteroatoms. The third-order valence-electron chi connectivity index (χ3n) is 2.47. The van der Waals surface area contributed by atoms with Gasteiger partial charge in [-0.25, -0.2) is 0 Å². The Balaban J connectivity index is 2.54. The van der Waals surface area contributed by atoms with Crippen LogP contribution in [0.2, 0.25) is 5.02 Å². The predicted octanol–water partition coefficient (Wildman–Crippen LogP) is 2.70. The molecule has 0 saturated carbocycles. The lowest BCUT2D eigenvalue weighted by molar-refractivity contribution is -0.201. The van der Waals surface area contributed by atoms with Gasteiger partial charge in [0.1, 0.15) is 0 Å². The van der Waals surface area contributed by atoms with Crippen molar-refractivity contribution < 1.29 is 23.1 Å². The third kappa shape index (κ3) is 5.22. The molecule has 1 aromatic rings. The summed E-state index contributed by atoms with van der Waals surface area (Å²) < 4.78 is 36.0. The van der Waals surface area contributed by atoms with Crippen LogP contribution in [0.15, 0.2) is 24.3 Å². The van der Waals surface area contributed by atoms with E-state index < -0.39 is 24.7 Å². The summed E-state index contributed by atoms with van der Waals surface area (Å²) in [5, 5.41) is 11.2. The van der Waals surface area contributed by atoms with E-state index in [4.69, 9.17) is 16.7 Å². The van der Waals surface area contributed by atoms with Crippen LogP contribution in [-0.2, 0) is 4.79 Å². The van der Waals surface area contributed by atoms with Crippen LogP contribution >= 0.6 is 11.6 Å². The van der Waals surface area contributed by atoms with Crippen LogP contribution in [0.5, 0.6) is 0 Å². The average Bonchev–Trinajstić information content (AvgIpc) is 2.36. The van der Waals surface area contributed by atoms with Gasteiger partial charge in [-0.05, 0) is 30.2 Å². The van der Waals surface area contributed by atoms with Gasteiger partial charge in [-0.2, -0.15) is 13.2 Å². The molecular weight excluding hydrogens is 295 g/mol.